The van der Waals surface area contributed by atoms with Crippen molar-refractivity contribution in [2.45, 2.75) is 11.8 Å². The number of rotatable bonds is 3. The van der Waals surface area contributed by atoms with E-state index in [2.05, 4.69) is 39.5 Å². The zero-order valence-electron chi connectivity index (χ0n) is 7.99. The van der Waals surface area contributed by atoms with E-state index in [4.69, 9.17) is 11.6 Å². The van der Waals surface area contributed by atoms with Gasteiger partial charge in [-0.25, -0.2) is 0 Å². The van der Waals surface area contributed by atoms with Gasteiger partial charge >= 0.3 is 0 Å². The molecule has 0 radical (unpaired) electrons. The van der Waals surface area contributed by atoms with Crippen molar-refractivity contribution in [1.29, 1.82) is 0 Å². The summed E-state index contributed by atoms with van der Waals surface area (Å²) in [6, 6.07) is 12.4. The maximum Gasteiger partial charge on any atom is 0.0701 e. The zero-order valence-corrected chi connectivity index (χ0v) is 11.1. The number of thiophene rings is 1. The fourth-order valence-electron chi connectivity index (χ4n) is 1.43. The molecule has 78 valence electrons. The molecule has 0 spiro atoms. The van der Waals surface area contributed by atoms with Crippen LogP contribution in [0.4, 0.5) is 0 Å². The van der Waals surface area contributed by atoms with Gasteiger partial charge in [-0.2, -0.15) is 0 Å². The average molecular weight is 302 g/mol. The molecule has 0 N–H and O–H groups in total. The summed E-state index contributed by atoms with van der Waals surface area (Å²) in [6.45, 7) is 0. The van der Waals surface area contributed by atoms with Crippen molar-refractivity contribution in [2.24, 2.45) is 0 Å². The van der Waals surface area contributed by atoms with Gasteiger partial charge in [-0.1, -0.05) is 30.3 Å². The second-order valence-corrected chi connectivity index (χ2v) is 6.16. The van der Waals surface area contributed by atoms with Gasteiger partial charge < -0.3 is 0 Å². The molecule has 1 heterocycles. The van der Waals surface area contributed by atoms with Crippen molar-refractivity contribution in [2.75, 3.05) is 0 Å². The summed E-state index contributed by atoms with van der Waals surface area (Å²) in [4.78, 5) is 0. The molecule has 0 saturated carbocycles. The predicted molar refractivity (Wildman–Crippen MR) is 70.8 cm³/mol. The van der Waals surface area contributed by atoms with Crippen molar-refractivity contribution in [3.8, 4) is 0 Å². The van der Waals surface area contributed by atoms with Gasteiger partial charge in [-0.05, 0) is 44.9 Å². The fourth-order valence-corrected chi connectivity index (χ4v) is 3.04. The molecule has 15 heavy (non-hydrogen) atoms. The molecule has 0 aliphatic heterocycles. The third-order valence-corrected chi connectivity index (χ3v) is 4.14. The van der Waals surface area contributed by atoms with E-state index in [9.17, 15) is 0 Å². The van der Waals surface area contributed by atoms with E-state index in [1.165, 1.54) is 11.1 Å². The quantitative estimate of drug-likeness (QED) is 0.697. The zero-order chi connectivity index (χ0) is 10.7. The van der Waals surface area contributed by atoms with Crippen molar-refractivity contribution in [3.63, 3.8) is 0 Å². The first kappa shape index (κ1) is 11.2. The first-order valence-electron chi connectivity index (χ1n) is 4.67. The second kappa shape index (κ2) is 5.15. The van der Waals surface area contributed by atoms with Gasteiger partial charge in [-0.15, -0.1) is 22.9 Å². The SMILES string of the molecule is ClC(Cc1ccccc1)c1csc(Br)c1. The van der Waals surface area contributed by atoms with E-state index in [0.29, 0.717) is 0 Å². The Hall–Kier alpha value is -0.310. The van der Waals surface area contributed by atoms with Gasteiger partial charge in [0.2, 0.25) is 0 Å². The highest BCUT2D eigenvalue weighted by molar-refractivity contribution is 9.11. The number of alkyl halides is 1. The smallest absolute Gasteiger partial charge is 0.0701 e. The molecular formula is C12H10BrClS. The molecule has 0 amide bonds. The summed E-state index contributed by atoms with van der Waals surface area (Å²) >= 11 is 11.5. The molecule has 0 bridgehead atoms. The second-order valence-electron chi connectivity index (χ2n) is 3.34. The molecule has 1 aromatic carbocycles. The summed E-state index contributed by atoms with van der Waals surface area (Å²) in [5.41, 5.74) is 2.47. The third kappa shape index (κ3) is 3.07. The molecule has 3 heteroatoms. The Morgan fingerprint density at radius 3 is 2.60 bits per heavy atom. The fraction of sp³-hybridized carbons (Fsp3) is 0.167. The van der Waals surface area contributed by atoms with Crippen LogP contribution < -0.4 is 0 Å². The molecule has 0 aliphatic rings. The van der Waals surface area contributed by atoms with Crippen LogP contribution in [-0.4, -0.2) is 0 Å². The summed E-state index contributed by atoms with van der Waals surface area (Å²) in [5, 5.41) is 2.17. The molecule has 0 aliphatic carbocycles. The molecular weight excluding hydrogens is 292 g/mol. The summed E-state index contributed by atoms with van der Waals surface area (Å²) in [6.07, 6.45) is 0.881. The highest BCUT2D eigenvalue weighted by atomic mass is 79.9. The first-order valence-corrected chi connectivity index (χ1v) is 6.78. The third-order valence-electron chi connectivity index (χ3n) is 2.21. The van der Waals surface area contributed by atoms with E-state index in [1.807, 2.05) is 18.2 Å². The van der Waals surface area contributed by atoms with Crippen LogP contribution in [0, 0.1) is 0 Å². The summed E-state index contributed by atoms with van der Waals surface area (Å²) in [5.74, 6) is 0. The van der Waals surface area contributed by atoms with Gasteiger partial charge in [0.05, 0.1) is 9.16 Å². The van der Waals surface area contributed by atoms with E-state index in [0.717, 1.165) is 10.2 Å². The highest BCUT2D eigenvalue weighted by Crippen LogP contribution is 2.31. The van der Waals surface area contributed by atoms with E-state index < -0.39 is 0 Å². The van der Waals surface area contributed by atoms with Crippen LogP contribution in [-0.2, 0) is 6.42 Å². The van der Waals surface area contributed by atoms with Crippen molar-refractivity contribution >= 4 is 38.9 Å². The Morgan fingerprint density at radius 1 is 1.27 bits per heavy atom. The van der Waals surface area contributed by atoms with Gasteiger partial charge in [-0.3, -0.25) is 0 Å². The van der Waals surface area contributed by atoms with Crippen LogP contribution in [0.1, 0.15) is 16.5 Å². The lowest BCUT2D eigenvalue weighted by Crippen LogP contribution is -1.93. The summed E-state index contributed by atoms with van der Waals surface area (Å²) in [7, 11) is 0. The standard InChI is InChI=1S/C12H10BrClS/c13-12-7-10(8-15-12)11(14)6-9-4-2-1-3-5-9/h1-5,7-8,11H,6H2. The molecule has 1 unspecified atom stereocenters. The summed E-state index contributed by atoms with van der Waals surface area (Å²) < 4.78 is 1.14. The molecule has 0 saturated heterocycles. The topological polar surface area (TPSA) is 0 Å². The molecule has 0 nitrogen and oxygen atoms in total. The Kier molecular flexibility index (Phi) is 3.84. The van der Waals surface area contributed by atoms with Crippen molar-refractivity contribution in [1.82, 2.24) is 0 Å². The minimum absolute atomic E-state index is 0.0648. The Bertz CT molecular complexity index is 424. The van der Waals surface area contributed by atoms with E-state index >= 15 is 0 Å². The monoisotopic (exact) mass is 300 g/mol. The highest BCUT2D eigenvalue weighted by Gasteiger charge is 2.10. The first-order chi connectivity index (χ1) is 7.25. The average Bonchev–Trinajstić information content (AvgIpc) is 2.66. The molecule has 2 rings (SSSR count). The van der Waals surface area contributed by atoms with Crippen LogP contribution in [0.2, 0.25) is 0 Å². The van der Waals surface area contributed by atoms with E-state index in [1.54, 1.807) is 11.3 Å². The maximum absolute atomic E-state index is 6.34. The number of hydrogen-bond donors (Lipinski definition) is 0. The Morgan fingerprint density at radius 2 is 2.00 bits per heavy atom. The number of benzene rings is 1. The van der Waals surface area contributed by atoms with Crippen molar-refractivity contribution in [3.05, 3.63) is 56.7 Å². The van der Waals surface area contributed by atoms with Gasteiger partial charge in [0.25, 0.3) is 0 Å². The van der Waals surface area contributed by atoms with Gasteiger partial charge in [0.1, 0.15) is 0 Å². The molecule has 0 fully saturated rings. The Labute approximate surface area is 107 Å². The lowest BCUT2D eigenvalue weighted by Gasteiger charge is -2.06. The minimum Gasteiger partial charge on any atom is -0.136 e. The van der Waals surface area contributed by atoms with E-state index in [-0.39, 0.29) is 5.38 Å². The molecule has 1 atom stereocenters. The van der Waals surface area contributed by atoms with Gasteiger partial charge in [0.15, 0.2) is 0 Å². The molecule has 2 aromatic rings. The van der Waals surface area contributed by atoms with Crippen LogP contribution in [0.3, 0.4) is 0 Å². The largest absolute Gasteiger partial charge is 0.136 e. The lowest BCUT2D eigenvalue weighted by molar-refractivity contribution is 0.925. The van der Waals surface area contributed by atoms with Crippen molar-refractivity contribution < 1.29 is 0 Å². The maximum atomic E-state index is 6.34. The van der Waals surface area contributed by atoms with Crippen LogP contribution in [0.5, 0.6) is 0 Å². The number of halogens is 2. The van der Waals surface area contributed by atoms with Crippen LogP contribution in [0.15, 0.2) is 45.6 Å². The normalized spacial score (nSPS) is 12.7. The predicted octanol–water partition coefficient (Wildman–Crippen LogP) is 5.03. The molecule has 1 aromatic heterocycles. The Balaban J connectivity index is 2.07. The minimum atomic E-state index is 0.0648. The lowest BCUT2D eigenvalue weighted by atomic mass is 10.1. The van der Waals surface area contributed by atoms with Crippen LogP contribution >= 0.6 is 38.9 Å². The number of hydrogen-bond acceptors (Lipinski definition) is 1. The van der Waals surface area contributed by atoms with Crippen LogP contribution in [0.25, 0.3) is 0 Å². The van der Waals surface area contributed by atoms with Gasteiger partial charge in [0, 0.05) is 0 Å².